The number of hydrogen-bond acceptors (Lipinski definition) is 3. The van der Waals surface area contributed by atoms with Gasteiger partial charge in [0.05, 0.1) is 11.5 Å². The lowest BCUT2D eigenvalue weighted by atomic mass is 9.96. The zero-order valence-corrected chi connectivity index (χ0v) is 10.3. The molecule has 0 aromatic heterocycles. The molecular formula is C12H24N2O2. The van der Waals surface area contributed by atoms with Crippen LogP contribution in [0.3, 0.4) is 0 Å². The van der Waals surface area contributed by atoms with E-state index in [9.17, 15) is 9.90 Å². The molecule has 0 saturated heterocycles. The minimum atomic E-state index is -0.437. The maximum absolute atomic E-state index is 11.8. The van der Waals surface area contributed by atoms with Crippen molar-refractivity contribution >= 4 is 5.91 Å². The Morgan fingerprint density at radius 3 is 2.38 bits per heavy atom. The molecule has 1 rings (SSSR count). The van der Waals surface area contributed by atoms with Crippen molar-refractivity contribution in [2.45, 2.75) is 45.6 Å². The number of nitrogens with one attached hydrogen (secondary N) is 1. The molecule has 1 atom stereocenters. The molecule has 0 radical (unpaired) electrons. The fourth-order valence-electron chi connectivity index (χ4n) is 2.06. The van der Waals surface area contributed by atoms with Gasteiger partial charge in [-0.05, 0) is 18.8 Å². The zero-order chi connectivity index (χ0) is 12.2. The Labute approximate surface area is 97.6 Å². The monoisotopic (exact) mass is 228 g/mol. The van der Waals surface area contributed by atoms with Crippen molar-refractivity contribution in [2.24, 2.45) is 17.1 Å². The van der Waals surface area contributed by atoms with E-state index in [2.05, 4.69) is 19.2 Å². The summed E-state index contributed by atoms with van der Waals surface area (Å²) in [5.41, 5.74) is 5.25. The van der Waals surface area contributed by atoms with Crippen LogP contribution in [0.4, 0.5) is 0 Å². The average Bonchev–Trinajstić information content (AvgIpc) is 3.08. The third kappa shape index (κ3) is 2.95. The molecule has 1 unspecified atom stereocenters. The van der Waals surface area contributed by atoms with Gasteiger partial charge in [0, 0.05) is 13.1 Å². The van der Waals surface area contributed by atoms with Gasteiger partial charge in [-0.15, -0.1) is 0 Å². The van der Waals surface area contributed by atoms with Gasteiger partial charge >= 0.3 is 0 Å². The Morgan fingerprint density at radius 2 is 2.00 bits per heavy atom. The summed E-state index contributed by atoms with van der Waals surface area (Å²) in [7, 11) is 0. The number of hydrogen-bond donors (Lipinski definition) is 3. The number of amides is 1. The summed E-state index contributed by atoms with van der Waals surface area (Å²) >= 11 is 0. The summed E-state index contributed by atoms with van der Waals surface area (Å²) < 4.78 is 0. The molecule has 1 aliphatic carbocycles. The van der Waals surface area contributed by atoms with Gasteiger partial charge < -0.3 is 16.2 Å². The Hall–Kier alpha value is -0.610. The normalized spacial score (nSPS) is 19.6. The molecule has 1 aliphatic rings. The number of rotatable bonds is 7. The first-order valence-corrected chi connectivity index (χ1v) is 6.26. The van der Waals surface area contributed by atoms with Gasteiger partial charge in [0.2, 0.25) is 5.91 Å². The van der Waals surface area contributed by atoms with Crippen molar-refractivity contribution in [1.29, 1.82) is 0 Å². The highest BCUT2D eigenvalue weighted by atomic mass is 16.3. The second-order valence-electron chi connectivity index (χ2n) is 4.84. The largest absolute Gasteiger partial charge is 0.391 e. The third-order valence-corrected chi connectivity index (χ3v) is 3.79. The van der Waals surface area contributed by atoms with Crippen molar-refractivity contribution in [3.8, 4) is 0 Å². The topological polar surface area (TPSA) is 75.3 Å². The summed E-state index contributed by atoms with van der Waals surface area (Å²) in [6, 6.07) is 0. The first kappa shape index (κ1) is 13.5. The zero-order valence-electron chi connectivity index (χ0n) is 10.3. The Morgan fingerprint density at radius 1 is 1.44 bits per heavy atom. The van der Waals surface area contributed by atoms with Gasteiger partial charge in [-0.1, -0.05) is 26.7 Å². The summed E-state index contributed by atoms with van der Waals surface area (Å²) in [5.74, 6) is 0.285. The molecule has 0 aromatic rings. The van der Waals surface area contributed by atoms with Crippen LogP contribution in [0.5, 0.6) is 0 Å². The van der Waals surface area contributed by atoms with Gasteiger partial charge in [0.1, 0.15) is 0 Å². The lowest BCUT2D eigenvalue weighted by Crippen LogP contribution is -2.42. The predicted octanol–water partition coefficient (Wildman–Crippen LogP) is 0.639. The van der Waals surface area contributed by atoms with E-state index in [1.54, 1.807) is 0 Å². The molecule has 16 heavy (non-hydrogen) atoms. The van der Waals surface area contributed by atoms with Gasteiger partial charge in [-0.3, -0.25) is 4.79 Å². The highest BCUT2D eigenvalue weighted by Crippen LogP contribution is 2.44. The molecule has 0 spiro atoms. The van der Waals surface area contributed by atoms with Crippen LogP contribution in [0, 0.1) is 11.3 Å². The third-order valence-electron chi connectivity index (χ3n) is 3.79. The lowest BCUT2D eigenvalue weighted by Gasteiger charge is -2.21. The number of carbonyl (C=O) groups is 1. The summed E-state index contributed by atoms with van der Waals surface area (Å²) in [6.45, 7) is 4.88. The van der Waals surface area contributed by atoms with Gasteiger partial charge in [-0.2, -0.15) is 0 Å². The quantitative estimate of drug-likeness (QED) is 0.598. The van der Waals surface area contributed by atoms with Crippen molar-refractivity contribution in [2.75, 3.05) is 13.1 Å². The molecule has 0 heterocycles. The molecular weight excluding hydrogens is 204 g/mol. The van der Waals surface area contributed by atoms with E-state index < -0.39 is 6.10 Å². The molecule has 0 aromatic carbocycles. The maximum Gasteiger partial charge on any atom is 0.227 e. The van der Waals surface area contributed by atoms with E-state index in [4.69, 9.17) is 5.73 Å². The van der Waals surface area contributed by atoms with Gasteiger partial charge in [0.15, 0.2) is 0 Å². The number of nitrogens with two attached hydrogens (primary N) is 1. The molecule has 1 fully saturated rings. The van der Waals surface area contributed by atoms with E-state index in [1.807, 2.05) is 0 Å². The molecule has 1 saturated carbocycles. The molecule has 4 heteroatoms. The average molecular weight is 228 g/mol. The van der Waals surface area contributed by atoms with Crippen molar-refractivity contribution < 1.29 is 9.90 Å². The lowest BCUT2D eigenvalue weighted by molar-refractivity contribution is -0.126. The highest BCUT2D eigenvalue weighted by Gasteiger charge is 2.48. The van der Waals surface area contributed by atoms with Gasteiger partial charge in [-0.25, -0.2) is 0 Å². The minimum absolute atomic E-state index is 0.0139. The molecule has 94 valence electrons. The van der Waals surface area contributed by atoms with Crippen molar-refractivity contribution in [3.63, 3.8) is 0 Å². The SMILES string of the molecule is CCC(CC)C(O)CNC(=O)C1(CN)CC1. The van der Waals surface area contributed by atoms with E-state index in [-0.39, 0.29) is 17.2 Å². The molecule has 1 amide bonds. The van der Waals surface area contributed by atoms with E-state index in [0.717, 1.165) is 25.7 Å². The predicted molar refractivity (Wildman–Crippen MR) is 63.8 cm³/mol. The van der Waals surface area contributed by atoms with Crippen LogP contribution < -0.4 is 11.1 Å². The highest BCUT2D eigenvalue weighted by molar-refractivity contribution is 5.85. The Kier molecular flexibility index (Phi) is 4.74. The van der Waals surface area contributed by atoms with Crippen LogP contribution in [-0.2, 0) is 4.79 Å². The van der Waals surface area contributed by atoms with Crippen LogP contribution in [-0.4, -0.2) is 30.2 Å². The second kappa shape index (κ2) is 5.64. The van der Waals surface area contributed by atoms with E-state index in [0.29, 0.717) is 13.1 Å². The molecule has 4 N–H and O–H groups in total. The van der Waals surface area contributed by atoms with Crippen LogP contribution in [0.15, 0.2) is 0 Å². The molecule has 4 nitrogen and oxygen atoms in total. The maximum atomic E-state index is 11.8. The van der Waals surface area contributed by atoms with Crippen LogP contribution in [0.2, 0.25) is 0 Å². The smallest absolute Gasteiger partial charge is 0.227 e. The minimum Gasteiger partial charge on any atom is -0.391 e. The Bertz CT molecular complexity index is 235. The fourth-order valence-corrected chi connectivity index (χ4v) is 2.06. The summed E-state index contributed by atoms with van der Waals surface area (Å²) in [5, 5.41) is 12.7. The van der Waals surface area contributed by atoms with Gasteiger partial charge in [0.25, 0.3) is 0 Å². The number of aliphatic hydroxyl groups is 1. The van der Waals surface area contributed by atoms with E-state index >= 15 is 0 Å². The fraction of sp³-hybridized carbons (Fsp3) is 0.917. The first-order valence-electron chi connectivity index (χ1n) is 6.26. The molecule has 0 bridgehead atoms. The Balaban J connectivity index is 2.31. The van der Waals surface area contributed by atoms with Crippen LogP contribution in [0.25, 0.3) is 0 Å². The van der Waals surface area contributed by atoms with E-state index in [1.165, 1.54) is 0 Å². The van der Waals surface area contributed by atoms with Crippen molar-refractivity contribution in [3.05, 3.63) is 0 Å². The standard InChI is InChI=1S/C12H24N2O2/c1-3-9(4-2)10(15)7-14-11(16)12(8-13)5-6-12/h9-10,15H,3-8,13H2,1-2H3,(H,14,16). The summed E-state index contributed by atoms with van der Waals surface area (Å²) in [4.78, 5) is 11.8. The first-order chi connectivity index (χ1) is 7.59. The van der Waals surface area contributed by atoms with Crippen LogP contribution in [0.1, 0.15) is 39.5 Å². The summed E-state index contributed by atoms with van der Waals surface area (Å²) in [6.07, 6.45) is 3.21. The number of aliphatic hydroxyl groups excluding tert-OH is 1. The second-order valence-corrected chi connectivity index (χ2v) is 4.84. The van der Waals surface area contributed by atoms with Crippen LogP contribution >= 0.6 is 0 Å². The number of carbonyl (C=O) groups excluding carboxylic acids is 1. The van der Waals surface area contributed by atoms with Crippen molar-refractivity contribution in [1.82, 2.24) is 5.32 Å². The molecule has 0 aliphatic heterocycles.